The van der Waals surface area contributed by atoms with E-state index in [1.54, 1.807) is 6.20 Å². The Bertz CT molecular complexity index is 489. The Morgan fingerprint density at radius 3 is 3.00 bits per heavy atom. The Kier molecular flexibility index (Phi) is 4.30. The van der Waals surface area contributed by atoms with Gasteiger partial charge in [0.05, 0.1) is 0 Å². The summed E-state index contributed by atoms with van der Waals surface area (Å²) in [7, 11) is 0. The number of carbonyl (C=O) groups is 1. The van der Waals surface area contributed by atoms with Crippen LogP contribution in [0, 0.1) is 0 Å². The van der Waals surface area contributed by atoms with Crippen molar-refractivity contribution in [1.29, 1.82) is 0 Å². The van der Waals surface area contributed by atoms with Crippen LogP contribution in [-0.2, 0) is 0 Å². The number of fused-ring (bicyclic) bond motifs is 1. The molecule has 0 bridgehead atoms. The van der Waals surface area contributed by atoms with Crippen molar-refractivity contribution in [2.75, 3.05) is 13.2 Å². The van der Waals surface area contributed by atoms with E-state index in [0.29, 0.717) is 12.2 Å². The summed E-state index contributed by atoms with van der Waals surface area (Å²) in [6, 6.07) is 5.64. The molecule has 0 spiro atoms. The highest BCUT2D eigenvalue weighted by molar-refractivity contribution is 5.92. The van der Waals surface area contributed by atoms with E-state index in [2.05, 4.69) is 10.3 Å². The third-order valence-electron chi connectivity index (χ3n) is 2.72. The van der Waals surface area contributed by atoms with Crippen molar-refractivity contribution in [3.05, 3.63) is 36.3 Å². The summed E-state index contributed by atoms with van der Waals surface area (Å²) in [6.45, 7) is 0.826. The number of rotatable bonds is 6. The molecule has 0 atom stereocenters. The second-order valence-corrected chi connectivity index (χ2v) is 4.13. The lowest BCUT2D eigenvalue weighted by molar-refractivity contribution is 0.0948. The highest BCUT2D eigenvalue weighted by Gasteiger charge is 2.09. The van der Waals surface area contributed by atoms with Crippen LogP contribution in [-0.4, -0.2) is 33.6 Å². The number of amides is 1. The Balaban J connectivity index is 1.88. The number of nitrogens with zero attached hydrogens (tertiary/aromatic N) is 2. The van der Waals surface area contributed by atoms with Gasteiger partial charge in [0.2, 0.25) is 0 Å². The predicted molar refractivity (Wildman–Crippen MR) is 68.5 cm³/mol. The first-order chi connectivity index (χ1) is 8.81. The molecular formula is C13H17N3O2. The standard InChI is InChI=1S/C13H17N3O2/c17-9-5-1-3-7-14-13(18)11-10-16-8-4-2-6-12(16)15-11/h2,4,6,8,10,17H,1,3,5,7,9H2,(H,14,18). The van der Waals surface area contributed by atoms with Gasteiger partial charge < -0.3 is 14.8 Å². The van der Waals surface area contributed by atoms with Crippen LogP contribution in [0.3, 0.4) is 0 Å². The largest absolute Gasteiger partial charge is 0.396 e. The molecule has 0 aliphatic rings. The fourth-order valence-corrected chi connectivity index (χ4v) is 1.75. The van der Waals surface area contributed by atoms with Crippen molar-refractivity contribution < 1.29 is 9.90 Å². The van der Waals surface area contributed by atoms with E-state index in [9.17, 15) is 4.79 Å². The van der Waals surface area contributed by atoms with Gasteiger partial charge >= 0.3 is 0 Å². The number of aliphatic hydroxyl groups is 1. The molecule has 2 heterocycles. The summed E-state index contributed by atoms with van der Waals surface area (Å²) in [6.07, 6.45) is 6.16. The molecule has 18 heavy (non-hydrogen) atoms. The lowest BCUT2D eigenvalue weighted by Crippen LogP contribution is -2.24. The molecule has 5 heteroatoms. The van der Waals surface area contributed by atoms with E-state index >= 15 is 0 Å². The van der Waals surface area contributed by atoms with E-state index in [4.69, 9.17) is 5.11 Å². The molecule has 0 aliphatic heterocycles. The third-order valence-corrected chi connectivity index (χ3v) is 2.72. The average molecular weight is 247 g/mol. The van der Waals surface area contributed by atoms with Crippen LogP contribution < -0.4 is 5.32 Å². The van der Waals surface area contributed by atoms with Crippen LogP contribution in [0.4, 0.5) is 0 Å². The van der Waals surface area contributed by atoms with Crippen LogP contribution in [0.15, 0.2) is 30.6 Å². The quantitative estimate of drug-likeness (QED) is 0.754. The average Bonchev–Trinajstić information content (AvgIpc) is 2.82. The number of nitrogens with one attached hydrogen (secondary N) is 1. The molecule has 1 amide bonds. The molecule has 0 saturated carbocycles. The van der Waals surface area contributed by atoms with Crippen LogP contribution >= 0.6 is 0 Å². The van der Waals surface area contributed by atoms with Crippen molar-refractivity contribution in [3.63, 3.8) is 0 Å². The van der Waals surface area contributed by atoms with E-state index < -0.39 is 0 Å². The fraction of sp³-hybridized carbons (Fsp3) is 0.385. The molecule has 2 aromatic heterocycles. The summed E-state index contributed by atoms with van der Waals surface area (Å²) in [5.74, 6) is -0.150. The second kappa shape index (κ2) is 6.16. The molecule has 2 rings (SSSR count). The Labute approximate surface area is 105 Å². The SMILES string of the molecule is O=C(NCCCCCO)c1cn2ccccc2n1. The molecule has 0 aromatic carbocycles. The predicted octanol–water partition coefficient (Wildman–Crippen LogP) is 1.23. The molecule has 0 aliphatic carbocycles. The Morgan fingerprint density at radius 1 is 1.33 bits per heavy atom. The first-order valence-corrected chi connectivity index (χ1v) is 6.14. The number of pyridine rings is 1. The lowest BCUT2D eigenvalue weighted by atomic mass is 10.2. The van der Waals surface area contributed by atoms with E-state index in [1.165, 1.54) is 0 Å². The summed E-state index contributed by atoms with van der Waals surface area (Å²) < 4.78 is 1.82. The topological polar surface area (TPSA) is 66.6 Å². The van der Waals surface area contributed by atoms with Gasteiger partial charge in [0, 0.05) is 25.5 Å². The van der Waals surface area contributed by atoms with Gasteiger partial charge in [-0.3, -0.25) is 4.79 Å². The molecule has 2 N–H and O–H groups in total. The van der Waals surface area contributed by atoms with Crippen LogP contribution in [0.2, 0.25) is 0 Å². The maximum absolute atomic E-state index is 11.8. The van der Waals surface area contributed by atoms with Gasteiger partial charge in [-0.05, 0) is 31.4 Å². The molecule has 0 radical (unpaired) electrons. The summed E-state index contributed by atoms with van der Waals surface area (Å²) in [5, 5.41) is 11.5. The van der Waals surface area contributed by atoms with Crippen molar-refractivity contribution >= 4 is 11.6 Å². The van der Waals surface area contributed by atoms with Crippen molar-refractivity contribution in [2.45, 2.75) is 19.3 Å². The van der Waals surface area contributed by atoms with Gasteiger partial charge in [-0.25, -0.2) is 4.98 Å². The molecule has 96 valence electrons. The van der Waals surface area contributed by atoms with Gasteiger partial charge in [-0.2, -0.15) is 0 Å². The zero-order chi connectivity index (χ0) is 12.8. The smallest absolute Gasteiger partial charge is 0.271 e. The molecule has 2 aromatic rings. The van der Waals surface area contributed by atoms with Crippen molar-refractivity contribution in [2.24, 2.45) is 0 Å². The lowest BCUT2D eigenvalue weighted by Gasteiger charge is -2.01. The van der Waals surface area contributed by atoms with Crippen LogP contribution in [0.25, 0.3) is 5.65 Å². The third kappa shape index (κ3) is 3.07. The molecule has 0 saturated heterocycles. The number of aliphatic hydroxyl groups excluding tert-OH is 1. The molecule has 5 nitrogen and oxygen atoms in total. The minimum Gasteiger partial charge on any atom is -0.396 e. The van der Waals surface area contributed by atoms with Crippen molar-refractivity contribution in [1.82, 2.24) is 14.7 Å². The van der Waals surface area contributed by atoms with Gasteiger partial charge in [0.1, 0.15) is 11.3 Å². The summed E-state index contributed by atoms with van der Waals surface area (Å²) >= 11 is 0. The van der Waals surface area contributed by atoms with Crippen LogP contribution in [0.1, 0.15) is 29.8 Å². The highest BCUT2D eigenvalue weighted by Crippen LogP contribution is 2.04. The number of imidazole rings is 1. The maximum atomic E-state index is 11.8. The fourth-order valence-electron chi connectivity index (χ4n) is 1.75. The number of carbonyl (C=O) groups excluding carboxylic acids is 1. The number of hydrogen-bond acceptors (Lipinski definition) is 3. The Hall–Kier alpha value is -1.88. The highest BCUT2D eigenvalue weighted by atomic mass is 16.2. The van der Waals surface area contributed by atoms with Gasteiger partial charge in [0.25, 0.3) is 5.91 Å². The van der Waals surface area contributed by atoms with Gasteiger partial charge in [-0.1, -0.05) is 6.07 Å². The normalized spacial score (nSPS) is 10.7. The second-order valence-electron chi connectivity index (χ2n) is 4.13. The van der Waals surface area contributed by atoms with Gasteiger partial charge in [-0.15, -0.1) is 0 Å². The maximum Gasteiger partial charge on any atom is 0.271 e. The zero-order valence-corrected chi connectivity index (χ0v) is 10.2. The number of aromatic nitrogens is 2. The first kappa shape index (κ1) is 12.6. The summed E-state index contributed by atoms with van der Waals surface area (Å²) in [5.41, 5.74) is 1.20. The van der Waals surface area contributed by atoms with Crippen LogP contribution in [0.5, 0.6) is 0 Å². The Morgan fingerprint density at radius 2 is 2.22 bits per heavy atom. The van der Waals surface area contributed by atoms with E-state index in [-0.39, 0.29) is 12.5 Å². The zero-order valence-electron chi connectivity index (χ0n) is 10.2. The number of hydrogen-bond donors (Lipinski definition) is 2. The van der Waals surface area contributed by atoms with Crippen molar-refractivity contribution in [3.8, 4) is 0 Å². The summed E-state index contributed by atoms with van der Waals surface area (Å²) in [4.78, 5) is 16.0. The molecule has 0 fully saturated rings. The van der Waals surface area contributed by atoms with E-state index in [1.807, 2.05) is 28.8 Å². The monoisotopic (exact) mass is 247 g/mol. The molecular weight excluding hydrogens is 230 g/mol. The molecule has 0 unspecified atom stereocenters. The minimum absolute atomic E-state index is 0.150. The van der Waals surface area contributed by atoms with Gasteiger partial charge in [0.15, 0.2) is 0 Å². The number of unbranched alkanes of at least 4 members (excludes halogenated alkanes) is 2. The van der Waals surface area contributed by atoms with E-state index in [0.717, 1.165) is 24.9 Å². The minimum atomic E-state index is -0.150. The first-order valence-electron chi connectivity index (χ1n) is 6.14.